The van der Waals surface area contributed by atoms with Crippen molar-refractivity contribution in [1.29, 1.82) is 0 Å². The van der Waals surface area contributed by atoms with Crippen LogP contribution >= 0.6 is 11.5 Å². The Kier molecular flexibility index (Phi) is 1.93. The number of hydrazine groups is 1. The van der Waals surface area contributed by atoms with Crippen molar-refractivity contribution >= 4 is 17.7 Å². The van der Waals surface area contributed by atoms with Crippen LogP contribution in [0.1, 0.15) is 18.1 Å². The molecule has 1 aromatic rings. The Bertz CT molecular complexity index is 422. The summed E-state index contributed by atoms with van der Waals surface area (Å²) in [4.78, 5) is 10.7. The molecule has 1 unspecified atom stereocenters. The minimum atomic E-state index is 0.0641. The van der Waals surface area contributed by atoms with Crippen LogP contribution in [0.3, 0.4) is 0 Å². The Balaban J connectivity index is 1.94. The first kappa shape index (κ1) is 8.81. The Morgan fingerprint density at radius 3 is 3.33 bits per heavy atom. The zero-order valence-corrected chi connectivity index (χ0v) is 8.95. The minimum Gasteiger partial charge on any atom is -0.327 e. The Morgan fingerprint density at radius 1 is 1.60 bits per heavy atom. The van der Waals surface area contributed by atoms with E-state index in [1.807, 2.05) is 13.1 Å². The van der Waals surface area contributed by atoms with Crippen molar-refractivity contribution < 1.29 is 0 Å². The topological polar surface area (TPSA) is 65.4 Å². The molecule has 0 aromatic carbocycles. The number of hydrogen-bond acceptors (Lipinski definition) is 7. The number of aliphatic imine (C=N–C) groups is 1. The summed E-state index contributed by atoms with van der Waals surface area (Å²) in [6.07, 6.45) is 3.55. The number of hydrogen-bond donors (Lipinski definition) is 2. The van der Waals surface area contributed by atoms with Crippen molar-refractivity contribution in [3.05, 3.63) is 22.9 Å². The lowest BCUT2D eigenvalue weighted by molar-refractivity contribution is 0.310. The van der Waals surface area contributed by atoms with Gasteiger partial charge in [-0.2, -0.15) is 4.37 Å². The molecule has 0 radical (unpaired) electrons. The lowest BCUT2D eigenvalue weighted by Gasteiger charge is -2.24. The second-order valence-corrected chi connectivity index (χ2v) is 4.16. The van der Waals surface area contributed by atoms with Crippen LogP contribution in [0, 0.1) is 0 Å². The number of fused-ring (bicyclic) bond motifs is 1. The largest absolute Gasteiger partial charge is 0.327 e. The zero-order valence-electron chi connectivity index (χ0n) is 8.14. The second-order valence-electron chi connectivity index (χ2n) is 3.35. The van der Waals surface area contributed by atoms with Gasteiger partial charge in [-0.15, -0.1) is 0 Å². The van der Waals surface area contributed by atoms with Gasteiger partial charge in [0, 0.05) is 6.21 Å². The smallest absolute Gasteiger partial charge is 0.153 e. The average Bonchev–Trinajstić information content (AvgIpc) is 2.85. The van der Waals surface area contributed by atoms with Crippen LogP contribution in [0.2, 0.25) is 0 Å². The van der Waals surface area contributed by atoms with Gasteiger partial charge < -0.3 is 10.3 Å². The molecule has 78 valence electrons. The number of nitrogens with zero attached hydrogens (tertiary/aromatic N) is 4. The second kappa shape index (κ2) is 3.28. The SMILES string of the molecule is CC1=C2NNC(c3ncns3)N2CC=N1. The lowest BCUT2D eigenvalue weighted by Crippen LogP contribution is -2.30. The predicted molar refractivity (Wildman–Crippen MR) is 56.8 cm³/mol. The molecule has 7 heteroatoms. The fourth-order valence-corrected chi connectivity index (χ4v) is 2.32. The highest BCUT2D eigenvalue weighted by Gasteiger charge is 2.32. The molecule has 1 saturated heterocycles. The summed E-state index contributed by atoms with van der Waals surface area (Å²) in [5.74, 6) is 1.03. The summed E-state index contributed by atoms with van der Waals surface area (Å²) in [6, 6.07) is 0. The molecule has 2 aliphatic heterocycles. The van der Waals surface area contributed by atoms with Crippen LogP contribution in [0.15, 0.2) is 22.8 Å². The van der Waals surface area contributed by atoms with E-state index in [1.54, 1.807) is 6.33 Å². The number of aromatic nitrogens is 2. The van der Waals surface area contributed by atoms with Crippen molar-refractivity contribution in [3.63, 3.8) is 0 Å². The van der Waals surface area contributed by atoms with E-state index in [-0.39, 0.29) is 6.17 Å². The highest BCUT2D eigenvalue weighted by atomic mass is 32.1. The summed E-state index contributed by atoms with van der Waals surface area (Å²) in [7, 11) is 0. The molecule has 3 heterocycles. The molecule has 1 atom stereocenters. The van der Waals surface area contributed by atoms with Gasteiger partial charge in [-0.1, -0.05) is 0 Å². The fraction of sp³-hybridized carbons (Fsp3) is 0.375. The fourth-order valence-electron chi connectivity index (χ4n) is 1.73. The molecule has 0 saturated carbocycles. The van der Waals surface area contributed by atoms with Gasteiger partial charge in [0.2, 0.25) is 0 Å². The maximum absolute atomic E-state index is 4.27. The number of rotatable bonds is 1. The highest BCUT2D eigenvalue weighted by molar-refractivity contribution is 7.05. The van der Waals surface area contributed by atoms with Gasteiger partial charge in [0.05, 0.1) is 12.2 Å². The van der Waals surface area contributed by atoms with Crippen LogP contribution < -0.4 is 10.9 Å². The van der Waals surface area contributed by atoms with Gasteiger partial charge >= 0.3 is 0 Å². The standard InChI is InChI=1S/C8H10N6S/c1-5-6-12-13-7(8-10-4-11-15-8)14(6)3-2-9-5/h2,4,7,12-13H,3H2,1H3. The van der Waals surface area contributed by atoms with Gasteiger partial charge in [0.25, 0.3) is 0 Å². The van der Waals surface area contributed by atoms with Crippen LogP contribution in [0.25, 0.3) is 0 Å². The van der Waals surface area contributed by atoms with Crippen molar-refractivity contribution in [2.24, 2.45) is 4.99 Å². The van der Waals surface area contributed by atoms with Gasteiger partial charge in [-0.05, 0) is 18.5 Å². The van der Waals surface area contributed by atoms with E-state index in [0.717, 1.165) is 23.1 Å². The van der Waals surface area contributed by atoms with Gasteiger partial charge in [-0.25, -0.2) is 10.4 Å². The third-order valence-corrected chi connectivity index (χ3v) is 3.16. The summed E-state index contributed by atoms with van der Waals surface area (Å²) in [6.45, 7) is 2.77. The highest BCUT2D eigenvalue weighted by Crippen LogP contribution is 2.28. The van der Waals surface area contributed by atoms with Gasteiger partial charge in [0.15, 0.2) is 11.2 Å². The Hall–Kier alpha value is -1.47. The molecule has 2 N–H and O–H groups in total. The molecule has 15 heavy (non-hydrogen) atoms. The van der Waals surface area contributed by atoms with Crippen LogP contribution in [-0.4, -0.2) is 27.0 Å². The third-order valence-electron chi connectivity index (χ3n) is 2.44. The molecule has 0 spiro atoms. The van der Waals surface area contributed by atoms with Crippen molar-refractivity contribution in [3.8, 4) is 0 Å². The molecule has 1 aromatic heterocycles. The average molecular weight is 222 g/mol. The number of nitrogens with one attached hydrogen (secondary N) is 2. The van der Waals surface area contributed by atoms with E-state index in [4.69, 9.17) is 0 Å². The van der Waals surface area contributed by atoms with E-state index in [9.17, 15) is 0 Å². The minimum absolute atomic E-state index is 0.0641. The van der Waals surface area contributed by atoms with Crippen LogP contribution in [0.5, 0.6) is 0 Å². The molecule has 0 amide bonds. The molecule has 3 rings (SSSR count). The lowest BCUT2D eigenvalue weighted by atomic mass is 10.3. The normalized spacial score (nSPS) is 24.3. The quantitative estimate of drug-likeness (QED) is 0.711. The van der Waals surface area contributed by atoms with Crippen LogP contribution in [-0.2, 0) is 0 Å². The summed E-state index contributed by atoms with van der Waals surface area (Å²) >= 11 is 1.40. The van der Waals surface area contributed by atoms with E-state index >= 15 is 0 Å². The summed E-state index contributed by atoms with van der Waals surface area (Å²) in [5, 5.41) is 0.959. The first-order valence-corrected chi connectivity index (χ1v) is 5.42. The van der Waals surface area contributed by atoms with E-state index in [2.05, 4.69) is 30.1 Å². The molecule has 1 fully saturated rings. The predicted octanol–water partition coefficient (Wildman–Crippen LogP) is 0.220. The van der Waals surface area contributed by atoms with Crippen LogP contribution in [0.4, 0.5) is 0 Å². The third kappa shape index (κ3) is 1.31. The maximum Gasteiger partial charge on any atom is 0.153 e. The molecular weight excluding hydrogens is 212 g/mol. The van der Waals surface area contributed by atoms with Crippen molar-refractivity contribution in [2.75, 3.05) is 6.54 Å². The Labute approximate surface area is 90.9 Å². The Morgan fingerprint density at radius 2 is 2.53 bits per heavy atom. The van der Waals surface area contributed by atoms with E-state index in [1.165, 1.54) is 11.5 Å². The summed E-state index contributed by atoms with van der Waals surface area (Å²) in [5.41, 5.74) is 7.29. The monoisotopic (exact) mass is 222 g/mol. The zero-order chi connectivity index (χ0) is 10.3. The van der Waals surface area contributed by atoms with E-state index in [0.29, 0.717) is 0 Å². The van der Waals surface area contributed by atoms with Crippen molar-refractivity contribution in [2.45, 2.75) is 13.1 Å². The molecule has 2 aliphatic rings. The van der Waals surface area contributed by atoms with Crippen molar-refractivity contribution in [1.82, 2.24) is 25.1 Å². The van der Waals surface area contributed by atoms with E-state index < -0.39 is 0 Å². The first-order chi connectivity index (χ1) is 7.36. The van der Waals surface area contributed by atoms with Gasteiger partial charge in [0.1, 0.15) is 12.1 Å². The molecule has 0 aliphatic carbocycles. The molecule has 6 nitrogen and oxygen atoms in total. The number of allylic oxidation sites excluding steroid dienone is 1. The molecular formula is C8H10N6S. The first-order valence-electron chi connectivity index (χ1n) is 4.64. The summed E-state index contributed by atoms with van der Waals surface area (Å²) < 4.78 is 4.01. The van der Waals surface area contributed by atoms with Gasteiger partial charge in [-0.3, -0.25) is 4.99 Å². The maximum atomic E-state index is 4.27. The molecule has 0 bridgehead atoms.